The van der Waals surface area contributed by atoms with Gasteiger partial charge in [0.1, 0.15) is 6.54 Å². The number of hydrogen-bond acceptors (Lipinski definition) is 3. The zero-order chi connectivity index (χ0) is 15.5. The predicted octanol–water partition coefficient (Wildman–Crippen LogP) is 0.555. The molecule has 0 aliphatic carbocycles. The molecule has 1 amide bonds. The molecule has 8 heteroatoms. The highest BCUT2D eigenvalue weighted by molar-refractivity contribution is 5.76. The molecule has 0 radical (unpaired) electrons. The maximum atomic E-state index is 12.3. The molecule has 0 unspecified atom stereocenters. The van der Waals surface area contributed by atoms with Crippen molar-refractivity contribution in [2.45, 2.75) is 12.7 Å². The van der Waals surface area contributed by atoms with Gasteiger partial charge in [-0.05, 0) is 6.07 Å². The summed E-state index contributed by atoms with van der Waals surface area (Å²) in [6, 6.07) is 4.59. The van der Waals surface area contributed by atoms with Gasteiger partial charge in [0.05, 0.1) is 6.54 Å². The van der Waals surface area contributed by atoms with Crippen molar-refractivity contribution in [2.75, 3.05) is 32.7 Å². The van der Waals surface area contributed by atoms with E-state index < -0.39 is 12.7 Å². The molecule has 0 saturated carbocycles. The lowest BCUT2D eigenvalue weighted by Crippen LogP contribution is -2.51. The molecule has 0 N–H and O–H groups in total. The van der Waals surface area contributed by atoms with Crippen molar-refractivity contribution in [3.05, 3.63) is 34.7 Å². The van der Waals surface area contributed by atoms with Gasteiger partial charge in [0, 0.05) is 38.4 Å². The number of piperazine rings is 1. The van der Waals surface area contributed by atoms with Crippen molar-refractivity contribution in [1.82, 2.24) is 14.4 Å². The fourth-order valence-electron chi connectivity index (χ4n) is 2.25. The third kappa shape index (κ3) is 4.59. The van der Waals surface area contributed by atoms with Crippen LogP contribution >= 0.6 is 0 Å². The lowest BCUT2D eigenvalue weighted by atomic mass is 10.3. The van der Waals surface area contributed by atoms with E-state index >= 15 is 0 Å². The number of carbonyl (C=O) groups excluding carboxylic acids is 1. The first-order chi connectivity index (χ1) is 9.85. The maximum Gasteiger partial charge on any atom is 0.401 e. The van der Waals surface area contributed by atoms with Gasteiger partial charge in [-0.1, -0.05) is 6.07 Å². The first-order valence-electron chi connectivity index (χ1n) is 6.57. The van der Waals surface area contributed by atoms with Crippen LogP contribution < -0.4 is 5.56 Å². The molecule has 2 heterocycles. The van der Waals surface area contributed by atoms with Crippen LogP contribution in [0.3, 0.4) is 0 Å². The van der Waals surface area contributed by atoms with Crippen molar-refractivity contribution >= 4 is 5.91 Å². The Balaban J connectivity index is 1.86. The number of rotatable bonds is 3. The number of hydrogen-bond donors (Lipinski definition) is 0. The lowest BCUT2D eigenvalue weighted by molar-refractivity contribution is -0.151. The molecule has 1 aromatic heterocycles. The number of nitrogens with zero attached hydrogens (tertiary/aromatic N) is 3. The molecule has 1 aliphatic heterocycles. The molecule has 1 saturated heterocycles. The number of amides is 1. The average Bonchev–Trinajstić information content (AvgIpc) is 2.40. The van der Waals surface area contributed by atoms with E-state index in [9.17, 15) is 22.8 Å². The Kier molecular flexibility index (Phi) is 4.66. The summed E-state index contributed by atoms with van der Waals surface area (Å²) in [5, 5.41) is 0. The SMILES string of the molecule is O=C(Cn1ccccc1=O)N1CCN(CC(F)(F)F)CC1. The van der Waals surface area contributed by atoms with Crippen LogP contribution in [0.5, 0.6) is 0 Å². The molecular weight excluding hydrogens is 287 g/mol. The first-order valence-corrected chi connectivity index (χ1v) is 6.57. The van der Waals surface area contributed by atoms with Gasteiger partial charge in [0.2, 0.25) is 5.91 Å². The van der Waals surface area contributed by atoms with Gasteiger partial charge in [-0.2, -0.15) is 13.2 Å². The monoisotopic (exact) mass is 303 g/mol. The van der Waals surface area contributed by atoms with Crippen molar-refractivity contribution in [3.8, 4) is 0 Å². The van der Waals surface area contributed by atoms with Gasteiger partial charge in [0.15, 0.2) is 0 Å². The van der Waals surface area contributed by atoms with Crippen LogP contribution in [0.2, 0.25) is 0 Å². The Morgan fingerprint density at radius 3 is 2.38 bits per heavy atom. The smallest absolute Gasteiger partial charge is 0.339 e. The van der Waals surface area contributed by atoms with Gasteiger partial charge in [-0.25, -0.2) is 0 Å². The summed E-state index contributed by atoms with van der Waals surface area (Å²) in [4.78, 5) is 26.3. The maximum absolute atomic E-state index is 12.3. The summed E-state index contributed by atoms with van der Waals surface area (Å²) >= 11 is 0. The van der Waals surface area contributed by atoms with Crippen molar-refractivity contribution in [1.29, 1.82) is 0 Å². The number of halogens is 3. The van der Waals surface area contributed by atoms with Crippen LogP contribution in [0.4, 0.5) is 13.2 Å². The summed E-state index contributed by atoms with van der Waals surface area (Å²) in [6.45, 7) is -0.164. The molecule has 0 atom stereocenters. The summed E-state index contributed by atoms with van der Waals surface area (Å²) < 4.78 is 38.1. The highest BCUT2D eigenvalue weighted by Crippen LogP contribution is 2.17. The first kappa shape index (κ1) is 15.6. The largest absolute Gasteiger partial charge is 0.401 e. The van der Waals surface area contributed by atoms with Gasteiger partial charge in [-0.15, -0.1) is 0 Å². The number of aromatic nitrogens is 1. The standard InChI is InChI=1S/C13H16F3N3O2/c14-13(15,16)10-17-5-7-18(8-6-17)12(21)9-19-4-2-1-3-11(19)20/h1-4H,5-10H2. The Bertz CT molecular complexity index is 548. The molecular formula is C13H16F3N3O2. The van der Waals surface area contributed by atoms with E-state index in [1.54, 1.807) is 12.1 Å². The van der Waals surface area contributed by atoms with E-state index in [2.05, 4.69) is 0 Å². The number of carbonyl (C=O) groups is 1. The predicted molar refractivity (Wildman–Crippen MR) is 69.8 cm³/mol. The van der Waals surface area contributed by atoms with E-state index in [0.29, 0.717) is 0 Å². The fraction of sp³-hybridized carbons (Fsp3) is 0.538. The summed E-state index contributed by atoms with van der Waals surface area (Å²) in [5.41, 5.74) is -0.276. The fourth-order valence-corrected chi connectivity index (χ4v) is 2.25. The van der Waals surface area contributed by atoms with Crippen LogP contribution in [0, 0.1) is 0 Å². The molecule has 5 nitrogen and oxygen atoms in total. The zero-order valence-corrected chi connectivity index (χ0v) is 11.3. The Hall–Kier alpha value is -1.83. The van der Waals surface area contributed by atoms with E-state index in [1.807, 2.05) is 0 Å². The second kappa shape index (κ2) is 6.30. The normalized spacial score (nSPS) is 17.0. The summed E-state index contributed by atoms with van der Waals surface area (Å²) in [6.07, 6.45) is -2.70. The number of alkyl halides is 3. The highest BCUT2D eigenvalue weighted by atomic mass is 19.4. The van der Waals surface area contributed by atoms with Gasteiger partial charge in [0.25, 0.3) is 5.56 Å². The second-order valence-corrected chi connectivity index (χ2v) is 4.94. The van der Waals surface area contributed by atoms with Gasteiger partial charge >= 0.3 is 6.18 Å². The molecule has 0 aromatic carbocycles. The minimum atomic E-state index is -4.22. The minimum Gasteiger partial charge on any atom is -0.339 e. The zero-order valence-electron chi connectivity index (χ0n) is 11.3. The molecule has 21 heavy (non-hydrogen) atoms. The lowest BCUT2D eigenvalue weighted by Gasteiger charge is -2.35. The van der Waals surface area contributed by atoms with Crippen LogP contribution in [0.25, 0.3) is 0 Å². The second-order valence-electron chi connectivity index (χ2n) is 4.94. The average molecular weight is 303 g/mol. The Morgan fingerprint density at radius 1 is 1.14 bits per heavy atom. The molecule has 1 aliphatic rings. The van der Waals surface area contributed by atoms with Crippen molar-refractivity contribution < 1.29 is 18.0 Å². The molecule has 1 fully saturated rings. The quantitative estimate of drug-likeness (QED) is 0.819. The van der Waals surface area contributed by atoms with E-state index in [4.69, 9.17) is 0 Å². The van der Waals surface area contributed by atoms with E-state index in [1.165, 1.54) is 26.6 Å². The van der Waals surface area contributed by atoms with Crippen molar-refractivity contribution in [3.63, 3.8) is 0 Å². The highest BCUT2D eigenvalue weighted by Gasteiger charge is 2.32. The molecule has 0 bridgehead atoms. The van der Waals surface area contributed by atoms with Gasteiger partial charge in [-0.3, -0.25) is 14.5 Å². The third-order valence-electron chi connectivity index (χ3n) is 3.33. The molecule has 1 aromatic rings. The third-order valence-corrected chi connectivity index (χ3v) is 3.33. The summed E-state index contributed by atoms with van der Waals surface area (Å²) in [5.74, 6) is -0.255. The van der Waals surface area contributed by atoms with E-state index in [-0.39, 0.29) is 44.2 Å². The van der Waals surface area contributed by atoms with Gasteiger partial charge < -0.3 is 9.47 Å². The molecule has 2 rings (SSSR count). The molecule has 116 valence electrons. The van der Waals surface area contributed by atoms with Crippen LogP contribution in [0.15, 0.2) is 29.2 Å². The van der Waals surface area contributed by atoms with Crippen LogP contribution in [0.1, 0.15) is 0 Å². The van der Waals surface area contributed by atoms with Crippen molar-refractivity contribution in [2.24, 2.45) is 0 Å². The topological polar surface area (TPSA) is 45.6 Å². The molecule has 0 spiro atoms. The minimum absolute atomic E-state index is 0.0844. The van der Waals surface area contributed by atoms with E-state index in [0.717, 1.165) is 0 Å². The van der Waals surface area contributed by atoms with Crippen LogP contribution in [-0.2, 0) is 11.3 Å². The summed E-state index contributed by atoms with van der Waals surface area (Å²) in [7, 11) is 0. The Morgan fingerprint density at radius 2 is 1.81 bits per heavy atom. The Labute approximate surface area is 119 Å². The van der Waals surface area contributed by atoms with Crippen LogP contribution in [-0.4, -0.2) is 59.2 Å². The number of pyridine rings is 1.